The van der Waals surface area contributed by atoms with Gasteiger partial charge in [-0.25, -0.2) is 0 Å². The molecule has 0 unspecified atom stereocenters. The lowest BCUT2D eigenvalue weighted by atomic mass is 9.33. The van der Waals surface area contributed by atoms with Crippen molar-refractivity contribution in [3.63, 3.8) is 0 Å². The number of aryl methyl sites for hydroxylation is 3. The summed E-state index contributed by atoms with van der Waals surface area (Å²) in [4.78, 5) is 5.13. The van der Waals surface area contributed by atoms with Crippen molar-refractivity contribution < 1.29 is 0 Å². The number of para-hydroxylation sites is 2. The summed E-state index contributed by atoms with van der Waals surface area (Å²) in [6, 6.07) is 39.3. The Bertz CT molecular complexity index is 1820. The van der Waals surface area contributed by atoms with E-state index < -0.39 is 0 Å². The van der Waals surface area contributed by atoms with Crippen molar-refractivity contribution in [1.29, 1.82) is 0 Å². The minimum atomic E-state index is 0.186. The quantitative estimate of drug-likeness (QED) is 0.205. The zero-order valence-electron chi connectivity index (χ0n) is 24.9. The monoisotopic (exact) mass is 544 g/mol. The molecule has 0 aromatic heterocycles. The minimum absolute atomic E-state index is 0.186. The number of hydrogen-bond acceptors (Lipinski definition) is 2. The van der Waals surface area contributed by atoms with E-state index in [9.17, 15) is 0 Å². The lowest BCUT2D eigenvalue weighted by molar-refractivity contribution is 0.444. The van der Waals surface area contributed by atoms with Gasteiger partial charge in [0, 0.05) is 34.1 Å². The molecule has 3 heteroatoms. The number of fused-ring (bicyclic) bond motifs is 4. The van der Waals surface area contributed by atoms with E-state index in [2.05, 4.69) is 134 Å². The van der Waals surface area contributed by atoms with Crippen LogP contribution in [-0.2, 0) is 0 Å². The fourth-order valence-electron chi connectivity index (χ4n) is 7.78. The van der Waals surface area contributed by atoms with Gasteiger partial charge in [0.1, 0.15) is 0 Å². The van der Waals surface area contributed by atoms with Crippen LogP contribution in [0, 0.1) is 20.8 Å². The molecule has 1 fully saturated rings. The summed E-state index contributed by atoms with van der Waals surface area (Å²) in [6.45, 7) is 6.83. The normalized spacial score (nSPS) is 15.7. The van der Waals surface area contributed by atoms with Crippen LogP contribution in [0.3, 0.4) is 0 Å². The van der Waals surface area contributed by atoms with Gasteiger partial charge < -0.3 is 9.80 Å². The van der Waals surface area contributed by atoms with Crippen LogP contribution < -0.4 is 26.2 Å². The minimum Gasteiger partial charge on any atom is -0.311 e. The van der Waals surface area contributed by atoms with Gasteiger partial charge in [-0.2, -0.15) is 0 Å². The van der Waals surface area contributed by atoms with Crippen molar-refractivity contribution in [3.05, 3.63) is 125 Å². The van der Waals surface area contributed by atoms with Gasteiger partial charge >= 0.3 is 0 Å². The Morgan fingerprint density at radius 2 is 1.14 bits per heavy atom. The molecule has 8 rings (SSSR count). The fraction of sp³-hybridized carbons (Fsp3) is 0.231. The molecule has 5 aromatic rings. The van der Waals surface area contributed by atoms with Crippen LogP contribution in [0.2, 0.25) is 0 Å². The number of hydrogen-bond donors (Lipinski definition) is 0. The van der Waals surface area contributed by atoms with E-state index in [-0.39, 0.29) is 6.71 Å². The first kappa shape index (κ1) is 25.5. The lowest BCUT2D eigenvalue weighted by Crippen LogP contribution is -2.61. The Balaban J connectivity index is 1.48. The molecule has 2 aliphatic heterocycles. The SMILES string of the molecule is Cc1ccc(N2c3ccccc3B3c4ccccc4N(c4cc(C)ccc4C)c4cc(C5CCCCC5)cc2c43)cc1. The van der Waals surface area contributed by atoms with E-state index in [1.807, 2.05) is 0 Å². The summed E-state index contributed by atoms with van der Waals surface area (Å²) < 4.78 is 0. The maximum Gasteiger partial charge on any atom is 0.252 e. The highest BCUT2D eigenvalue weighted by atomic mass is 15.2. The highest BCUT2D eigenvalue weighted by Gasteiger charge is 2.43. The Hall–Kier alpha value is -4.24. The van der Waals surface area contributed by atoms with Crippen molar-refractivity contribution in [2.75, 3.05) is 9.80 Å². The van der Waals surface area contributed by atoms with Crippen molar-refractivity contribution >= 4 is 57.2 Å². The summed E-state index contributed by atoms with van der Waals surface area (Å²) in [5, 5.41) is 0. The first-order valence-corrected chi connectivity index (χ1v) is 15.7. The van der Waals surface area contributed by atoms with E-state index >= 15 is 0 Å². The van der Waals surface area contributed by atoms with Crippen molar-refractivity contribution in [2.24, 2.45) is 0 Å². The predicted octanol–water partition coefficient (Wildman–Crippen LogP) is 8.74. The van der Waals surface area contributed by atoms with Crippen molar-refractivity contribution in [2.45, 2.75) is 58.8 Å². The van der Waals surface area contributed by atoms with E-state index in [1.165, 1.54) is 105 Å². The summed E-state index contributed by atoms with van der Waals surface area (Å²) >= 11 is 0. The smallest absolute Gasteiger partial charge is 0.252 e. The lowest BCUT2D eigenvalue weighted by Gasteiger charge is -2.45. The van der Waals surface area contributed by atoms with E-state index in [0.29, 0.717) is 5.92 Å². The second kappa shape index (κ2) is 9.95. The molecule has 0 radical (unpaired) electrons. The number of nitrogens with zero attached hydrogens (tertiary/aromatic N) is 2. The molecule has 0 N–H and O–H groups in total. The summed E-state index contributed by atoms with van der Waals surface area (Å²) in [5.41, 5.74) is 17.3. The molecule has 1 saturated carbocycles. The fourth-order valence-corrected chi connectivity index (χ4v) is 7.78. The Morgan fingerprint density at radius 3 is 1.83 bits per heavy atom. The number of rotatable bonds is 3. The molecule has 0 saturated heterocycles. The van der Waals surface area contributed by atoms with Crippen molar-refractivity contribution in [3.8, 4) is 0 Å². The molecule has 2 nitrogen and oxygen atoms in total. The van der Waals surface area contributed by atoms with Gasteiger partial charge in [0.05, 0.1) is 0 Å². The molecule has 3 aliphatic rings. The average Bonchev–Trinajstić information content (AvgIpc) is 3.03. The maximum absolute atomic E-state index is 2.58. The molecule has 1 aliphatic carbocycles. The molecule has 5 aromatic carbocycles. The summed E-state index contributed by atoms with van der Waals surface area (Å²) in [5.74, 6) is 0.605. The van der Waals surface area contributed by atoms with Crippen LogP contribution in [0.25, 0.3) is 0 Å². The Morgan fingerprint density at radius 1 is 0.548 bits per heavy atom. The summed E-state index contributed by atoms with van der Waals surface area (Å²) in [6.07, 6.45) is 6.58. The van der Waals surface area contributed by atoms with Gasteiger partial charge in [-0.1, -0.05) is 85.5 Å². The Labute approximate surface area is 250 Å². The maximum atomic E-state index is 2.58. The molecular formula is C39H37BN2. The molecule has 0 bridgehead atoms. The molecule has 0 spiro atoms. The molecule has 42 heavy (non-hydrogen) atoms. The largest absolute Gasteiger partial charge is 0.311 e. The van der Waals surface area contributed by atoms with Crippen molar-refractivity contribution in [1.82, 2.24) is 0 Å². The molecule has 0 amide bonds. The second-order valence-electron chi connectivity index (χ2n) is 12.7. The van der Waals surface area contributed by atoms with E-state index in [1.54, 1.807) is 0 Å². The third kappa shape index (κ3) is 3.94. The molecule has 0 atom stereocenters. The van der Waals surface area contributed by atoms with Gasteiger partial charge in [-0.15, -0.1) is 0 Å². The van der Waals surface area contributed by atoms with Crippen LogP contribution in [0.1, 0.15) is 60.3 Å². The van der Waals surface area contributed by atoms with E-state index in [0.717, 1.165) is 0 Å². The van der Waals surface area contributed by atoms with Gasteiger partial charge in [-0.3, -0.25) is 0 Å². The van der Waals surface area contributed by atoms with E-state index in [4.69, 9.17) is 0 Å². The third-order valence-corrected chi connectivity index (χ3v) is 9.88. The highest BCUT2D eigenvalue weighted by Crippen LogP contribution is 2.47. The van der Waals surface area contributed by atoms with Crippen LogP contribution in [0.4, 0.5) is 34.1 Å². The zero-order chi connectivity index (χ0) is 28.4. The van der Waals surface area contributed by atoms with Gasteiger partial charge in [0.15, 0.2) is 0 Å². The standard InChI is InChI=1S/C39H37BN2/c1-26-18-21-31(22-19-26)41-34-15-9-7-13-32(34)40-33-14-8-10-16-35(33)42(36-23-27(2)17-20-28(36)3)38-25-30(24-37(41)39(38)40)29-11-5-4-6-12-29/h7-10,13-25,29H,4-6,11-12H2,1-3H3. The Kier molecular flexibility index (Phi) is 6.03. The average molecular weight is 545 g/mol. The van der Waals surface area contributed by atoms with Crippen LogP contribution in [0.15, 0.2) is 103 Å². The van der Waals surface area contributed by atoms with Crippen LogP contribution in [0.5, 0.6) is 0 Å². The molecule has 206 valence electrons. The first-order chi connectivity index (χ1) is 20.6. The van der Waals surface area contributed by atoms with Crippen LogP contribution >= 0.6 is 0 Å². The molecular weight excluding hydrogens is 507 g/mol. The first-order valence-electron chi connectivity index (χ1n) is 15.7. The molecule has 2 heterocycles. The highest BCUT2D eigenvalue weighted by molar-refractivity contribution is 7.00. The van der Waals surface area contributed by atoms with Gasteiger partial charge in [0.2, 0.25) is 0 Å². The third-order valence-electron chi connectivity index (χ3n) is 9.88. The number of benzene rings is 5. The van der Waals surface area contributed by atoms with Crippen LogP contribution in [-0.4, -0.2) is 6.71 Å². The van der Waals surface area contributed by atoms with Gasteiger partial charge in [0.25, 0.3) is 6.71 Å². The van der Waals surface area contributed by atoms with Gasteiger partial charge in [-0.05, 0) is 115 Å². The summed E-state index contributed by atoms with van der Waals surface area (Å²) in [7, 11) is 0. The predicted molar refractivity (Wildman–Crippen MR) is 181 cm³/mol. The zero-order valence-corrected chi connectivity index (χ0v) is 24.9. The topological polar surface area (TPSA) is 6.48 Å². The second-order valence-corrected chi connectivity index (χ2v) is 12.7. The number of anilines is 6.